The summed E-state index contributed by atoms with van der Waals surface area (Å²) in [6.07, 6.45) is 1.73. The number of anilines is 1. The molecule has 9 heteroatoms. The molecule has 1 aliphatic heterocycles. The van der Waals surface area contributed by atoms with E-state index in [0.717, 1.165) is 47.9 Å². The molecule has 0 saturated heterocycles. The lowest BCUT2D eigenvalue weighted by atomic mass is 10.0. The Hall–Kier alpha value is -2.78. The van der Waals surface area contributed by atoms with Gasteiger partial charge >= 0.3 is 6.18 Å². The third-order valence-corrected chi connectivity index (χ3v) is 5.74. The molecule has 0 bridgehead atoms. The van der Waals surface area contributed by atoms with Gasteiger partial charge in [0, 0.05) is 48.5 Å². The fourth-order valence-corrected chi connectivity index (χ4v) is 4.44. The molecule has 4 heterocycles. The first-order chi connectivity index (χ1) is 13.9. The fraction of sp³-hybridized carbons (Fsp3) is 0.250. The van der Waals surface area contributed by atoms with Crippen LogP contribution in [0.1, 0.15) is 31.9 Å². The number of hydrogen-bond acceptors (Lipinski definition) is 5. The van der Waals surface area contributed by atoms with Crippen molar-refractivity contribution in [1.82, 2.24) is 14.9 Å². The van der Waals surface area contributed by atoms with Crippen LogP contribution < -0.4 is 5.32 Å². The maximum absolute atomic E-state index is 12.8. The molecule has 4 rings (SSSR count). The van der Waals surface area contributed by atoms with E-state index in [4.69, 9.17) is 0 Å². The van der Waals surface area contributed by atoms with E-state index < -0.39 is 17.6 Å². The van der Waals surface area contributed by atoms with Crippen molar-refractivity contribution >= 4 is 22.9 Å². The number of rotatable bonds is 4. The quantitative estimate of drug-likeness (QED) is 0.684. The highest BCUT2D eigenvalue weighted by Crippen LogP contribution is 2.32. The van der Waals surface area contributed by atoms with E-state index in [1.165, 1.54) is 17.5 Å². The largest absolute Gasteiger partial charge is 0.417 e. The zero-order valence-electron chi connectivity index (χ0n) is 15.2. The molecule has 1 amide bonds. The van der Waals surface area contributed by atoms with Gasteiger partial charge in [-0.05, 0) is 29.7 Å². The standard InChI is InChI=1S/C20H17F3N4OS/c21-20(22,23)14-6-15(9-25-8-14)26-19(28)17-12-29-18-11-27(5-3-16(17)18)10-13-2-1-4-24-7-13/h1-2,4,6-9,12H,3,5,10-11H2,(H,26,28). The van der Waals surface area contributed by atoms with Gasteiger partial charge in [0.25, 0.3) is 5.91 Å². The van der Waals surface area contributed by atoms with E-state index in [9.17, 15) is 18.0 Å². The predicted molar refractivity (Wildman–Crippen MR) is 104 cm³/mol. The van der Waals surface area contributed by atoms with Gasteiger partial charge in [0.15, 0.2) is 0 Å². The molecule has 0 unspecified atom stereocenters. The molecule has 150 valence electrons. The molecule has 0 spiro atoms. The number of nitrogens with zero attached hydrogens (tertiary/aromatic N) is 3. The van der Waals surface area contributed by atoms with E-state index >= 15 is 0 Å². The third kappa shape index (κ3) is 4.46. The van der Waals surface area contributed by atoms with Crippen molar-refractivity contribution in [3.63, 3.8) is 0 Å². The number of nitrogens with one attached hydrogen (secondary N) is 1. The molecule has 0 aromatic carbocycles. The highest BCUT2D eigenvalue weighted by Gasteiger charge is 2.31. The lowest BCUT2D eigenvalue weighted by molar-refractivity contribution is -0.137. The van der Waals surface area contributed by atoms with Crippen LogP contribution >= 0.6 is 11.3 Å². The average Bonchev–Trinajstić information content (AvgIpc) is 3.12. The van der Waals surface area contributed by atoms with Crippen LogP contribution in [-0.2, 0) is 25.7 Å². The van der Waals surface area contributed by atoms with Crippen LogP contribution in [0.25, 0.3) is 0 Å². The highest BCUT2D eigenvalue weighted by molar-refractivity contribution is 7.10. The molecule has 1 aliphatic rings. The number of fused-ring (bicyclic) bond motifs is 1. The average molecular weight is 418 g/mol. The summed E-state index contributed by atoms with van der Waals surface area (Å²) in [4.78, 5) is 23.7. The molecule has 5 nitrogen and oxygen atoms in total. The maximum atomic E-state index is 12.8. The monoisotopic (exact) mass is 418 g/mol. The lowest BCUT2D eigenvalue weighted by Crippen LogP contribution is -2.30. The van der Waals surface area contributed by atoms with Gasteiger partial charge in [-0.15, -0.1) is 11.3 Å². The maximum Gasteiger partial charge on any atom is 0.417 e. The smallest absolute Gasteiger partial charge is 0.321 e. The van der Waals surface area contributed by atoms with Gasteiger partial charge in [-0.3, -0.25) is 19.7 Å². The number of carbonyl (C=O) groups excluding carboxylic acids is 1. The zero-order chi connectivity index (χ0) is 20.4. The Labute approximate surface area is 169 Å². The van der Waals surface area contributed by atoms with E-state index in [1.807, 2.05) is 18.3 Å². The minimum absolute atomic E-state index is 0.0267. The van der Waals surface area contributed by atoms with Gasteiger partial charge in [-0.25, -0.2) is 0 Å². The topological polar surface area (TPSA) is 58.1 Å². The van der Waals surface area contributed by atoms with E-state index in [2.05, 4.69) is 20.2 Å². The minimum atomic E-state index is -4.51. The van der Waals surface area contributed by atoms with Gasteiger partial charge in [0.2, 0.25) is 0 Å². The summed E-state index contributed by atoms with van der Waals surface area (Å²) in [5, 5.41) is 4.31. The molecule has 1 N–H and O–H groups in total. The van der Waals surface area contributed by atoms with Crippen LogP contribution in [0.15, 0.2) is 48.4 Å². The Bertz CT molecular complexity index is 1020. The molecule has 0 fully saturated rings. The minimum Gasteiger partial charge on any atom is -0.321 e. The number of aromatic nitrogens is 2. The molecule has 0 radical (unpaired) electrons. The van der Waals surface area contributed by atoms with Gasteiger partial charge in [-0.2, -0.15) is 13.2 Å². The van der Waals surface area contributed by atoms with Gasteiger partial charge in [-0.1, -0.05) is 6.07 Å². The second kappa shape index (κ2) is 7.92. The third-order valence-electron chi connectivity index (χ3n) is 4.72. The summed E-state index contributed by atoms with van der Waals surface area (Å²) in [5.74, 6) is -0.413. The predicted octanol–water partition coefficient (Wildman–Crippen LogP) is 4.37. The van der Waals surface area contributed by atoms with Crippen molar-refractivity contribution in [2.45, 2.75) is 25.7 Å². The van der Waals surface area contributed by atoms with Crippen molar-refractivity contribution in [3.05, 3.63) is 75.5 Å². The van der Waals surface area contributed by atoms with Gasteiger partial charge in [0.05, 0.1) is 23.0 Å². The highest BCUT2D eigenvalue weighted by atomic mass is 32.1. The number of alkyl halides is 3. The SMILES string of the molecule is O=C(Nc1cncc(C(F)(F)F)c1)c1csc2c1CCN(Cc1cccnc1)C2. The Balaban J connectivity index is 1.46. The summed E-state index contributed by atoms with van der Waals surface area (Å²) >= 11 is 1.50. The molecule has 3 aromatic rings. The molecular weight excluding hydrogens is 401 g/mol. The number of pyridine rings is 2. The van der Waals surface area contributed by atoms with Crippen molar-refractivity contribution < 1.29 is 18.0 Å². The normalized spacial score (nSPS) is 14.4. The second-order valence-electron chi connectivity index (χ2n) is 6.79. The Kier molecular flexibility index (Phi) is 5.33. The van der Waals surface area contributed by atoms with Crippen molar-refractivity contribution in [2.24, 2.45) is 0 Å². The Morgan fingerprint density at radius 1 is 1.24 bits per heavy atom. The number of thiophene rings is 1. The number of hydrogen-bond donors (Lipinski definition) is 1. The van der Waals surface area contributed by atoms with Crippen LogP contribution in [0.2, 0.25) is 0 Å². The molecule has 29 heavy (non-hydrogen) atoms. The Morgan fingerprint density at radius 3 is 2.86 bits per heavy atom. The van der Waals surface area contributed by atoms with Gasteiger partial charge in [0.1, 0.15) is 0 Å². The van der Waals surface area contributed by atoms with E-state index in [-0.39, 0.29) is 5.69 Å². The number of halogens is 3. The first-order valence-electron chi connectivity index (χ1n) is 8.94. The summed E-state index contributed by atoms with van der Waals surface area (Å²) in [7, 11) is 0. The van der Waals surface area contributed by atoms with Gasteiger partial charge < -0.3 is 5.32 Å². The molecule has 0 aliphatic carbocycles. The molecule has 3 aromatic heterocycles. The Morgan fingerprint density at radius 2 is 2.10 bits per heavy atom. The van der Waals surface area contributed by atoms with Crippen molar-refractivity contribution in [1.29, 1.82) is 0 Å². The second-order valence-corrected chi connectivity index (χ2v) is 7.75. The fourth-order valence-electron chi connectivity index (χ4n) is 3.32. The number of carbonyl (C=O) groups is 1. The van der Waals surface area contributed by atoms with Crippen LogP contribution in [-0.4, -0.2) is 27.3 Å². The van der Waals surface area contributed by atoms with Crippen LogP contribution in [0.4, 0.5) is 18.9 Å². The van der Waals surface area contributed by atoms with Crippen molar-refractivity contribution in [3.8, 4) is 0 Å². The first-order valence-corrected chi connectivity index (χ1v) is 9.82. The number of amides is 1. The van der Waals surface area contributed by atoms with Crippen LogP contribution in [0, 0.1) is 0 Å². The molecule has 0 atom stereocenters. The van der Waals surface area contributed by atoms with Crippen LogP contribution in [0.3, 0.4) is 0 Å². The lowest BCUT2D eigenvalue weighted by Gasteiger charge is -2.27. The summed E-state index contributed by atoms with van der Waals surface area (Å²) in [5.41, 5.74) is 1.74. The van der Waals surface area contributed by atoms with E-state index in [1.54, 1.807) is 11.6 Å². The van der Waals surface area contributed by atoms with Crippen molar-refractivity contribution in [2.75, 3.05) is 11.9 Å². The van der Waals surface area contributed by atoms with E-state index in [0.29, 0.717) is 12.0 Å². The summed E-state index contributed by atoms with van der Waals surface area (Å²) in [6, 6.07) is 4.82. The first kappa shape index (κ1) is 19.5. The summed E-state index contributed by atoms with van der Waals surface area (Å²) in [6.45, 7) is 2.31. The molecule has 0 saturated carbocycles. The molecular formula is C20H17F3N4OS. The van der Waals surface area contributed by atoms with Crippen LogP contribution in [0.5, 0.6) is 0 Å². The summed E-state index contributed by atoms with van der Waals surface area (Å²) < 4.78 is 38.5. The zero-order valence-corrected chi connectivity index (χ0v) is 16.1.